The first kappa shape index (κ1) is 17.2. The smallest absolute Gasteiger partial charge is 0.246 e. The molecule has 1 heterocycles. The number of amides is 1. The minimum Gasteiger partial charge on any atom is -0.358 e. The van der Waals surface area contributed by atoms with E-state index >= 15 is 0 Å². The van der Waals surface area contributed by atoms with Crippen LogP contribution in [0.25, 0.3) is 0 Å². The minimum atomic E-state index is -0.0202. The maximum Gasteiger partial charge on any atom is 0.246 e. The lowest BCUT2D eigenvalue weighted by atomic mass is 9.93. The van der Waals surface area contributed by atoms with Gasteiger partial charge in [0.2, 0.25) is 5.91 Å². The van der Waals surface area contributed by atoms with E-state index in [0.29, 0.717) is 5.11 Å². The molecule has 1 unspecified atom stereocenters. The van der Waals surface area contributed by atoms with Crippen molar-refractivity contribution < 1.29 is 4.79 Å². The summed E-state index contributed by atoms with van der Waals surface area (Å²) in [5.41, 5.74) is 0.852. The number of likely N-dealkylation sites (N-methyl/N-ethyl adjacent to an activating group) is 1. The molecule has 120 valence electrons. The molecule has 1 amide bonds. The van der Waals surface area contributed by atoms with Gasteiger partial charge in [-0.3, -0.25) is 4.79 Å². The standard InChI is InChI=1S/C16H22BrN3OS/c1-11-9-16(2,3)18-15(22)20(11)10-14(21)19(4)13-7-5-12(17)6-8-13/h5-8,11H,9-10H2,1-4H3,(H,18,22). The lowest BCUT2D eigenvalue weighted by Gasteiger charge is -2.44. The van der Waals surface area contributed by atoms with Gasteiger partial charge in [0.25, 0.3) is 0 Å². The minimum absolute atomic E-state index is 0.0202. The number of nitrogens with zero attached hydrogens (tertiary/aromatic N) is 2. The van der Waals surface area contributed by atoms with Crippen LogP contribution in [0, 0.1) is 0 Å². The van der Waals surface area contributed by atoms with Gasteiger partial charge in [-0.1, -0.05) is 15.9 Å². The second-order valence-corrected chi connectivity index (χ2v) is 7.73. The number of hydrogen-bond donors (Lipinski definition) is 1. The van der Waals surface area contributed by atoms with E-state index in [1.165, 1.54) is 0 Å². The third-order valence-electron chi connectivity index (χ3n) is 3.94. The second-order valence-electron chi connectivity index (χ2n) is 6.42. The molecule has 0 saturated carbocycles. The molecule has 0 bridgehead atoms. The number of anilines is 1. The molecule has 1 aliphatic rings. The van der Waals surface area contributed by atoms with Crippen LogP contribution in [0.5, 0.6) is 0 Å². The maximum atomic E-state index is 12.5. The number of rotatable bonds is 3. The van der Waals surface area contributed by atoms with E-state index in [0.717, 1.165) is 16.6 Å². The van der Waals surface area contributed by atoms with Crippen LogP contribution in [0.2, 0.25) is 0 Å². The highest BCUT2D eigenvalue weighted by Crippen LogP contribution is 2.23. The van der Waals surface area contributed by atoms with Gasteiger partial charge in [-0.25, -0.2) is 0 Å². The molecule has 4 nitrogen and oxygen atoms in total. The number of carbonyl (C=O) groups is 1. The fraction of sp³-hybridized carbons (Fsp3) is 0.500. The molecule has 0 spiro atoms. The molecule has 1 aliphatic heterocycles. The predicted octanol–water partition coefficient (Wildman–Crippen LogP) is 3.16. The maximum absolute atomic E-state index is 12.5. The molecule has 1 aromatic carbocycles. The first-order valence-corrected chi connectivity index (χ1v) is 8.51. The zero-order valence-corrected chi connectivity index (χ0v) is 15.8. The summed E-state index contributed by atoms with van der Waals surface area (Å²) in [5, 5.41) is 3.96. The van der Waals surface area contributed by atoms with Crippen molar-refractivity contribution in [3.63, 3.8) is 0 Å². The van der Waals surface area contributed by atoms with Gasteiger partial charge in [0.1, 0.15) is 0 Å². The van der Waals surface area contributed by atoms with Crippen LogP contribution in [0.15, 0.2) is 28.7 Å². The largest absolute Gasteiger partial charge is 0.358 e. The summed E-state index contributed by atoms with van der Waals surface area (Å²) < 4.78 is 0.995. The highest BCUT2D eigenvalue weighted by molar-refractivity contribution is 9.10. The van der Waals surface area contributed by atoms with Crippen LogP contribution >= 0.6 is 28.1 Å². The van der Waals surface area contributed by atoms with Crippen LogP contribution in [0.4, 0.5) is 5.69 Å². The van der Waals surface area contributed by atoms with Gasteiger partial charge >= 0.3 is 0 Å². The third kappa shape index (κ3) is 3.98. The molecule has 22 heavy (non-hydrogen) atoms. The monoisotopic (exact) mass is 383 g/mol. The van der Waals surface area contributed by atoms with Crippen LogP contribution in [0.3, 0.4) is 0 Å². The summed E-state index contributed by atoms with van der Waals surface area (Å²) in [6, 6.07) is 7.93. The number of halogens is 1. The van der Waals surface area contributed by atoms with E-state index in [1.54, 1.807) is 11.9 Å². The van der Waals surface area contributed by atoms with E-state index in [9.17, 15) is 4.79 Å². The summed E-state index contributed by atoms with van der Waals surface area (Å²) in [5.74, 6) is 0.0260. The first-order chi connectivity index (χ1) is 10.2. The van der Waals surface area contributed by atoms with Crippen molar-refractivity contribution in [3.8, 4) is 0 Å². The molecular weight excluding hydrogens is 362 g/mol. The highest BCUT2D eigenvalue weighted by atomic mass is 79.9. The number of carbonyl (C=O) groups excluding carboxylic acids is 1. The molecule has 1 fully saturated rings. The molecule has 1 aromatic rings. The van der Waals surface area contributed by atoms with Crippen LogP contribution in [-0.4, -0.2) is 41.1 Å². The van der Waals surface area contributed by atoms with Crippen LogP contribution in [-0.2, 0) is 4.79 Å². The Hall–Kier alpha value is -1.14. The Balaban J connectivity index is 2.05. The van der Waals surface area contributed by atoms with Crippen molar-refractivity contribution in [2.75, 3.05) is 18.5 Å². The first-order valence-electron chi connectivity index (χ1n) is 7.30. The van der Waals surface area contributed by atoms with E-state index in [-0.39, 0.29) is 24.0 Å². The van der Waals surface area contributed by atoms with E-state index in [2.05, 4.69) is 42.0 Å². The fourth-order valence-electron chi connectivity index (χ4n) is 2.75. The number of nitrogens with one attached hydrogen (secondary N) is 1. The summed E-state index contributed by atoms with van der Waals surface area (Å²) in [6.07, 6.45) is 0.947. The average Bonchev–Trinajstić information content (AvgIpc) is 2.41. The molecule has 6 heteroatoms. The summed E-state index contributed by atoms with van der Waals surface area (Å²) >= 11 is 8.83. The number of benzene rings is 1. The van der Waals surface area contributed by atoms with Crippen LogP contribution < -0.4 is 10.2 Å². The van der Waals surface area contributed by atoms with Crippen molar-refractivity contribution in [2.45, 2.75) is 38.8 Å². The van der Waals surface area contributed by atoms with Gasteiger partial charge in [-0.15, -0.1) is 0 Å². The third-order valence-corrected chi connectivity index (χ3v) is 4.80. The van der Waals surface area contributed by atoms with Crippen molar-refractivity contribution >= 4 is 44.9 Å². The Morgan fingerprint density at radius 1 is 1.45 bits per heavy atom. The van der Waals surface area contributed by atoms with Gasteiger partial charge in [0.15, 0.2) is 5.11 Å². The Morgan fingerprint density at radius 2 is 2.05 bits per heavy atom. The predicted molar refractivity (Wildman–Crippen MR) is 98.1 cm³/mol. The zero-order valence-electron chi connectivity index (χ0n) is 13.4. The van der Waals surface area contributed by atoms with Gasteiger partial charge < -0.3 is 15.1 Å². The van der Waals surface area contributed by atoms with Crippen molar-refractivity contribution in [2.24, 2.45) is 0 Å². The Bertz CT molecular complexity index is 573. The lowest BCUT2D eigenvalue weighted by molar-refractivity contribution is -0.119. The SMILES string of the molecule is CC1CC(C)(C)NC(=S)N1CC(=O)N(C)c1ccc(Br)cc1. The number of hydrogen-bond acceptors (Lipinski definition) is 2. The van der Waals surface area contributed by atoms with Crippen molar-refractivity contribution in [1.29, 1.82) is 0 Å². The van der Waals surface area contributed by atoms with Gasteiger partial charge in [0.05, 0.1) is 6.54 Å². The quantitative estimate of drug-likeness (QED) is 0.813. The molecule has 1 atom stereocenters. The Labute approximate surface area is 146 Å². The van der Waals surface area contributed by atoms with Crippen LogP contribution in [0.1, 0.15) is 27.2 Å². The summed E-state index contributed by atoms with van der Waals surface area (Å²) in [7, 11) is 1.79. The topological polar surface area (TPSA) is 35.6 Å². The fourth-order valence-corrected chi connectivity index (χ4v) is 3.53. The van der Waals surface area contributed by atoms with Gasteiger partial charge in [-0.05, 0) is 63.7 Å². The van der Waals surface area contributed by atoms with E-state index < -0.39 is 0 Å². The van der Waals surface area contributed by atoms with E-state index in [1.807, 2.05) is 29.2 Å². The highest BCUT2D eigenvalue weighted by Gasteiger charge is 2.34. The average molecular weight is 384 g/mol. The van der Waals surface area contributed by atoms with Crippen molar-refractivity contribution in [1.82, 2.24) is 10.2 Å². The normalized spacial score (nSPS) is 20.5. The van der Waals surface area contributed by atoms with Gasteiger partial charge in [0, 0.05) is 28.8 Å². The summed E-state index contributed by atoms with van der Waals surface area (Å²) in [4.78, 5) is 16.2. The molecule has 2 rings (SSSR count). The molecule has 0 aromatic heterocycles. The number of thiocarbonyl (C=S) groups is 1. The lowest BCUT2D eigenvalue weighted by Crippen LogP contribution is -2.61. The van der Waals surface area contributed by atoms with Crippen molar-refractivity contribution in [3.05, 3.63) is 28.7 Å². The molecule has 1 N–H and O–H groups in total. The molecule has 0 aliphatic carbocycles. The second kappa shape index (κ2) is 6.54. The van der Waals surface area contributed by atoms with E-state index in [4.69, 9.17) is 12.2 Å². The Morgan fingerprint density at radius 3 is 2.59 bits per heavy atom. The molecular formula is C16H22BrN3OS. The Kier molecular flexibility index (Phi) is 5.12. The molecule has 1 saturated heterocycles. The molecule has 0 radical (unpaired) electrons. The van der Waals surface area contributed by atoms with Gasteiger partial charge in [-0.2, -0.15) is 0 Å². The zero-order chi connectivity index (χ0) is 16.5. The summed E-state index contributed by atoms with van der Waals surface area (Å²) in [6.45, 7) is 6.66.